The highest BCUT2D eigenvalue weighted by atomic mass is 32.2. The van der Waals surface area contributed by atoms with Gasteiger partial charge in [-0.25, -0.2) is 12.8 Å². The van der Waals surface area contributed by atoms with E-state index in [1.54, 1.807) is 25.1 Å². The summed E-state index contributed by atoms with van der Waals surface area (Å²) in [7, 11) is -3.64. The van der Waals surface area contributed by atoms with Gasteiger partial charge in [-0.15, -0.1) is 0 Å². The molecule has 0 spiro atoms. The van der Waals surface area contributed by atoms with Crippen LogP contribution < -0.4 is 5.32 Å². The normalized spacial score (nSPS) is 15.0. The number of hydrogen-bond donors (Lipinski definition) is 1. The third-order valence-corrected chi connectivity index (χ3v) is 7.27. The summed E-state index contributed by atoms with van der Waals surface area (Å²) in [5.74, 6) is -1.07. The lowest BCUT2D eigenvalue weighted by molar-refractivity contribution is 0.0988. The van der Waals surface area contributed by atoms with Crippen LogP contribution in [0.4, 0.5) is 10.1 Å². The summed E-state index contributed by atoms with van der Waals surface area (Å²) in [5.41, 5.74) is 1.74. The number of nitrogens with zero attached hydrogens (tertiary/aromatic N) is 2. The summed E-state index contributed by atoms with van der Waals surface area (Å²) < 4.78 is 46.1. The molecule has 0 atom stereocenters. The number of carbonyl (C=O) groups excluding carboxylic acids is 1. The van der Waals surface area contributed by atoms with Crippen molar-refractivity contribution in [2.24, 2.45) is 0 Å². The Balaban J connectivity index is 1.55. The Morgan fingerprint density at radius 1 is 1.10 bits per heavy atom. The fourth-order valence-corrected chi connectivity index (χ4v) is 5.33. The predicted octanol–water partition coefficient (Wildman–Crippen LogP) is 4.22. The van der Waals surface area contributed by atoms with Gasteiger partial charge in [-0.1, -0.05) is 29.8 Å². The van der Waals surface area contributed by atoms with Crippen LogP contribution in [-0.2, 0) is 10.0 Å². The Labute approximate surface area is 179 Å². The van der Waals surface area contributed by atoms with Crippen LogP contribution in [0.1, 0.15) is 35.4 Å². The van der Waals surface area contributed by atoms with Crippen molar-refractivity contribution in [1.82, 2.24) is 9.46 Å². The van der Waals surface area contributed by atoms with Gasteiger partial charge in [-0.3, -0.25) is 4.79 Å². The zero-order chi connectivity index (χ0) is 22.0. The van der Waals surface area contributed by atoms with Crippen molar-refractivity contribution in [3.8, 4) is 11.3 Å². The Hall–Kier alpha value is -3.04. The molecule has 9 heteroatoms. The van der Waals surface area contributed by atoms with E-state index >= 15 is 0 Å². The van der Waals surface area contributed by atoms with Crippen molar-refractivity contribution in [2.75, 3.05) is 18.4 Å². The Bertz CT molecular complexity index is 1220. The Morgan fingerprint density at radius 3 is 2.61 bits per heavy atom. The molecular formula is C22H22FN3O4S. The van der Waals surface area contributed by atoms with Crippen molar-refractivity contribution in [3.05, 3.63) is 65.7 Å². The molecular weight excluding hydrogens is 421 g/mol. The fourth-order valence-electron chi connectivity index (χ4n) is 3.56. The summed E-state index contributed by atoms with van der Waals surface area (Å²) in [6, 6.07) is 11.9. The summed E-state index contributed by atoms with van der Waals surface area (Å²) in [6.45, 7) is 2.72. The minimum absolute atomic E-state index is 0.0692. The second-order valence-corrected chi connectivity index (χ2v) is 9.39. The molecule has 31 heavy (non-hydrogen) atoms. The summed E-state index contributed by atoms with van der Waals surface area (Å²) in [6.07, 6.45) is 2.71. The van der Waals surface area contributed by atoms with Crippen molar-refractivity contribution in [1.29, 1.82) is 0 Å². The Morgan fingerprint density at radius 2 is 1.87 bits per heavy atom. The van der Waals surface area contributed by atoms with E-state index in [1.807, 2.05) is 0 Å². The molecule has 0 radical (unpaired) electrons. The molecule has 1 amide bonds. The fraction of sp³-hybridized carbons (Fsp3) is 0.273. The van der Waals surface area contributed by atoms with Gasteiger partial charge in [-0.05, 0) is 49.6 Å². The predicted molar refractivity (Wildman–Crippen MR) is 114 cm³/mol. The zero-order valence-electron chi connectivity index (χ0n) is 17.0. The molecule has 0 unspecified atom stereocenters. The number of nitrogens with one attached hydrogen (secondary N) is 1. The van der Waals surface area contributed by atoms with Gasteiger partial charge in [0.2, 0.25) is 15.8 Å². The average Bonchev–Trinajstić information content (AvgIpc) is 3.26. The van der Waals surface area contributed by atoms with Gasteiger partial charge in [0.05, 0.1) is 4.90 Å². The number of carbonyl (C=O) groups is 1. The van der Waals surface area contributed by atoms with Crippen LogP contribution in [0.2, 0.25) is 0 Å². The summed E-state index contributed by atoms with van der Waals surface area (Å²) >= 11 is 0. The van der Waals surface area contributed by atoms with E-state index in [9.17, 15) is 17.6 Å². The molecule has 0 bridgehead atoms. The topological polar surface area (TPSA) is 92.5 Å². The number of anilines is 1. The van der Waals surface area contributed by atoms with Gasteiger partial charge >= 0.3 is 0 Å². The van der Waals surface area contributed by atoms with Gasteiger partial charge in [0.25, 0.3) is 5.91 Å². The molecule has 1 aromatic heterocycles. The largest absolute Gasteiger partial charge is 0.350 e. The Kier molecular flexibility index (Phi) is 5.88. The third-order valence-electron chi connectivity index (χ3n) is 5.23. The van der Waals surface area contributed by atoms with Gasteiger partial charge in [-0.2, -0.15) is 4.31 Å². The number of hydrogen-bond acceptors (Lipinski definition) is 5. The highest BCUT2D eigenvalue weighted by Gasteiger charge is 2.28. The van der Waals surface area contributed by atoms with Crippen LogP contribution in [0, 0.1) is 12.7 Å². The van der Waals surface area contributed by atoms with E-state index in [-0.39, 0.29) is 10.7 Å². The second-order valence-electron chi connectivity index (χ2n) is 7.49. The molecule has 2 heterocycles. The van der Waals surface area contributed by atoms with Crippen molar-refractivity contribution in [2.45, 2.75) is 31.1 Å². The smallest absolute Gasteiger partial charge is 0.294 e. The van der Waals surface area contributed by atoms with Crippen LogP contribution in [0.5, 0.6) is 0 Å². The average molecular weight is 444 g/mol. The number of benzene rings is 2. The molecule has 0 saturated carbocycles. The summed E-state index contributed by atoms with van der Waals surface area (Å²) in [4.78, 5) is 12.8. The number of aryl methyl sites for hydroxylation is 1. The number of sulfonamides is 1. The molecule has 1 aliphatic heterocycles. The van der Waals surface area contributed by atoms with Crippen LogP contribution in [0.3, 0.4) is 0 Å². The lowest BCUT2D eigenvalue weighted by Gasteiger charge is -2.26. The number of rotatable bonds is 5. The minimum Gasteiger partial charge on any atom is -0.350 e. The molecule has 4 rings (SSSR count). The number of halogens is 1. The molecule has 7 nitrogen and oxygen atoms in total. The maximum atomic E-state index is 13.4. The SMILES string of the molecule is Cc1ccc(NC(=O)c2cc(-c3cccc(F)c3)no2)cc1S(=O)(=O)N1CCCCC1. The molecule has 0 aliphatic carbocycles. The lowest BCUT2D eigenvalue weighted by atomic mass is 10.1. The van der Waals surface area contributed by atoms with E-state index in [2.05, 4.69) is 10.5 Å². The maximum absolute atomic E-state index is 13.4. The van der Waals surface area contributed by atoms with Gasteiger partial charge in [0.1, 0.15) is 11.5 Å². The van der Waals surface area contributed by atoms with Gasteiger partial charge in [0, 0.05) is 30.4 Å². The molecule has 162 valence electrons. The number of amides is 1. The summed E-state index contributed by atoms with van der Waals surface area (Å²) in [5, 5.41) is 6.46. The number of piperidine rings is 1. The van der Waals surface area contributed by atoms with E-state index in [0.717, 1.165) is 19.3 Å². The quantitative estimate of drug-likeness (QED) is 0.638. The van der Waals surface area contributed by atoms with E-state index in [1.165, 1.54) is 34.6 Å². The molecule has 3 aromatic rings. The molecule has 1 N–H and O–H groups in total. The second kappa shape index (κ2) is 8.60. The molecule has 1 aliphatic rings. The van der Waals surface area contributed by atoms with Crippen LogP contribution >= 0.6 is 0 Å². The van der Waals surface area contributed by atoms with Crippen molar-refractivity contribution < 1.29 is 22.1 Å². The van der Waals surface area contributed by atoms with E-state index in [0.29, 0.717) is 35.6 Å². The first-order valence-electron chi connectivity index (χ1n) is 9.99. The first kappa shape index (κ1) is 21.2. The highest BCUT2D eigenvalue weighted by molar-refractivity contribution is 7.89. The van der Waals surface area contributed by atoms with Crippen LogP contribution in [-0.4, -0.2) is 36.9 Å². The molecule has 1 saturated heterocycles. The van der Waals surface area contributed by atoms with Crippen LogP contribution in [0.25, 0.3) is 11.3 Å². The van der Waals surface area contributed by atoms with Crippen molar-refractivity contribution in [3.63, 3.8) is 0 Å². The first-order chi connectivity index (χ1) is 14.8. The monoisotopic (exact) mass is 443 g/mol. The highest BCUT2D eigenvalue weighted by Crippen LogP contribution is 2.27. The standard InChI is InChI=1S/C22H22FN3O4S/c1-15-8-9-18(13-21(15)31(28,29)26-10-3-2-4-11-26)24-22(27)20-14-19(25-30-20)16-6-5-7-17(23)12-16/h5-9,12-14H,2-4,10-11H2,1H3,(H,24,27). The minimum atomic E-state index is -3.64. The van der Waals surface area contributed by atoms with Gasteiger partial charge < -0.3 is 9.84 Å². The van der Waals surface area contributed by atoms with Gasteiger partial charge in [0.15, 0.2) is 0 Å². The van der Waals surface area contributed by atoms with E-state index < -0.39 is 21.7 Å². The van der Waals surface area contributed by atoms with E-state index in [4.69, 9.17) is 4.52 Å². The maximum Gasteiger partial charge on any atom is 0.294 e. The molecule has 1 fully saturated rings. The lowest BCUT2D eigenvalue weighted by Crippen LogP contribution is -2.36. The third kappa shape index (κ3) is 4.52. The zero-order valence-corrected chi connectivity index (χ0v) is 17.8. The van der Waals surface area contributed by atoms with Crippen molar-refractivity contribution >= 4 is 21.6 Å². The van der Waals surface area contributed by atoms with Crippen LogP contribution in [0.15, 0.2) is 57.9 Å². The first-order valence-corrected chi connectivity index (χ1v) is 11.4. The molecule has 2 aromatic carbocycles. The number of aromatic nitrogens is 1.